The molecule has 1 N–H and O–H groups in total. The predicted octanol–water partition coefficient (Wildman–Crippen LogP) is 2.83. The molecule has 1 fully saturated rings. The lowest BCUT2D eigenvalue weighted by molar-refractivity contribution is -0.139. The molecular weight excluding hydrogens is 320 g/mol. The molecule has 1 aromatic carbocycles. The first-order valence-electron chi connectivity index (χ1n) is 8.87. The molecule has 2 rings (SSSR count). The van der Waals surface area contributed by atoms with Gasteiger partial charge in [0.25, 0.3) is 0 Å². The summed E-state index contributed by atoms with van der Waals surface area (Å²) in [6, 6.07) is 9.79. The van der Waals surface area contributed by atoms with E-state index in [4.69, 9.17) is 9.84 Å². The van der Waals surface area contributed by atoms with Crippen LogP contribution in [-0.2, 0) is 16.1 Å². The number of carbonyl (C=O) groups is 2. The van der Waals surface area contributed by atoms with Crippen LogP contribution in [0.2, 0.25) is 0 Å². The first-order valence-corrected chi connectivity index (χ1v) is 8.87. The van der Waals surface area contributed by atoms with Crippen LogP contribution >= 0.6 is 0 Å². The fourth-order valence-corrected chi connectivity index (χ4v) is 3.15. The Morgan fingerprint density at radius 2 is 2.04 bits per heavy atom. The van der Waals surface area contributed by atoms with E-state index in [2.05, 4.69) is 0 Å². The normalized spacial score (nSPS) is 17.8. The van der Waals surface area contributed by atoms with Gasteiger partial charge in [0, 0.05) is 25.7 Å². The molecule has 25 heavy (non-hydrogen) atoms. The Morgan fingerprint density at radius 1 is 1.32 bits per heavy atom. The molecule has 0 radical (unpaired) electrons. The number of rotatable bonds is 7. The van der Waals surface area contributed by atoms with Crippen LogP contribution in [0.4, 0.5) is 4.79 Å². The number of carboxylic acid groups (broad SMARTS) is 1. The predicted molar refractivity (Wildman–Crippen MR) is 95.3 cm³/mol. The van der Waals surface area contributed by atoms with E-state index in [9.17, 15) is 9.59 Å². The minimum absolute atomic E-state index is 0.0343. The number of hydrogen-bond acceptors (Lipinski definition) is 4. The summed E-state index contributed by atoms with van der Waals surface area (Å²) in [5, 5.41) is 9.05. The Kier molecular flexibility index (Phi) is 7.25. The molecule has 0 saturated carbocycles. The van der Waals surface area contributed by atoms with Gasteiger partial charge in [-0.1, -0.05) is 30.3 Å². The summed E-state index contributed by atoms with van der Waals surface area (Å²) in [4.78, 5) is 27.0. The molecule has 1 atom stereocenters. The van der Waals surface area contributed by atoms with E-state index in [0.29, 0.717) is 19.6 Å². The van der Waals surface area contributed by atoms with Gasteiger partial charge < -0.3 is 14.7 Å². The van der Waals surface area contributed by atoms with Crippen molar-refractivity contribution in [3.05, 3.63) is 35.9 Å². The zero-order chi connectivity index (χ0) is 18.2. The average Bonchev–Trinajstić information content (AvgIpc) is 2.60. The van der Waals surface area contributed by atoms with E-state index in [1.165, 1.54) is 0 Å². The Balaban J connectivity index is 1.84. The third-order valence-corrected chi connectivity index (χ3v) is 4.54. The number of benzene rings is 1. The van der Waals surface area contributed by atoms with Crippen molar-refractivity contribution >= 4 is 12.1 Å². The van der Waals surface area contributed by atoms with Gasteiger partial charge in [-0.2, -0.15) is 0 Å². The van der Waals surface area contributed by atoms with Gasteiger partial charge in [-0.3, -0.25) is 9.69 Å². The highest BCUT2D eigenvalue weighted by Gasteiger charge is 2.27. The summed E-state index contributed by atoms with van der Waals surface area (Å²) >= 11 is 0. The molecule has 0 aliphatic carbocycles. The standard InChI is InChI=1S/C19H28N2O4/c1-15(2)21(13-18(22)23)12-17-9-6-10-20(11-17)19(24)25-14-16-7-4-3-5-8-16/h3-5,7-8,15,17H,6,9-14H2,1-2H3,(H,22,23)/t17-/m0/s1. The zero-order valence-corrected chi connectivity index (χ0v) is 15.1. The fraction of sp³-hybridized carbons (Fsp3) is 0.579. The van der Waals surface area contributed by atoms with Gasteiger partial charge in [0.2, 0.25) is 0 Å². The van der Waals surface area contributed by atoms with Crippen molar-refractivity contribution in [3.63, 3.8) is 0 Å². The molecule has 0 unspecified atom stereocenters. The van der Waals surface area contributed by atoms with Crippen molar-refractivity contribution in [2.24, 2.45) is 5.92 Å². The van der Waals surface area contributed by atoms with E-state index in [1.807, 2.05) is 49.1 Å². The number of amides is 1. The lowest BCUT2D eigenvalue weighted by Crippen LogP contribution is -2.46. The average molecular weight is 348 g/mol. The second kappa shape index (κ2) is 9.42. The zero-order valence-electron chi connectivity index (χ0n) is 15.1. The highest BCUT2D eigenvalue weighted by atomic mass is 16.6. The topological polar surface area (TPSA) is 70.1 Å². The third kappa shape index (κ3) is 6.38. The summed E-state index contributed by atoms with van der Waals surface area (Å²) in [6.45, 7) is 6.31. The van der Waals surface area contributed by atoms with Crippen molar-refractivity contribution in [1.29, 1.82) is 0 Å². The van der Waals surface area contributed by atoms with Crippen LogP contribution in [-0.4, -0.2) is 59.2 Å². The van der Waals surface area contributed by atoms with E-state index in [-0.39, 0.29) is 31.2 Å². The highest BCUT2D eigenvalue weighted by Crippen LogP contribution is 2.19. The van der Waals surface area contributed by atoms with Gasteiger partial charge in [0.05, 0.1) is 6.54 Å². The maximum absolute atomic E-state index is 12.3. The molecule has 1 heterocycles. The van der Waals surface area contributed by atoms with Gasteiger partial charge in [-0.05, 0) is 38.2 Å². The number of hydrogen-bond donors (Lipinski definition) is 1. The molecule has 1 aliphatic heterocycles. The number of nitrogens with zero attached hydrogens (tertiary/aromatic N) is 2. The van der Waals surface area contributed by atoms with Crippen LogP contribution in [0.25, 0.3) is 0 Å². The second-order valence-corrected chi connectivity index (χ2v) is 6.91. The third-order valence-electron chi connectivity index (χ3n) is 4.54. The van der Waals surface area contributed by atoms with Gasteiger partial charge >= 0.3 is 12.1 Å². The Bertz CT molecular complexity index is 562. The van der Waals surface area contributed by atoms with Gasteiger partial charge in [0.15, 0.2) is 0 Å². The van der Waals surface area contributed by atoms with Crippen LogP contribution in [0.1, 0.15) is 32.3 Å². The quantitative estimate of drug-likeness (QED) is 0.820. The first kappa shape index (κ1) is 19.2. The van der Waals surface area contributed by atoms with Crippen molar-refractivity contribution < 1.29 is 19.4 Å². The molecule has 6 heteroatoms. The van der Waals surface area contributed by atoms with Crippen LogP contribution in [0, 0.1) is 5.92 Å². The highest BCUT2D eigenvalue weighted by molar-refractivity contribution is 5.69. The van der Waals surface area contributed by atoms with E-state index in [1.54, 1.807) is 4.90 Å². The Labute approximate surface area is 149 Å². The molecule has 1 aliphatic rings. The molecule has 6 nitrogen and oxygen atoms in total. The molecular formula is C19H28N2O4. The van der Waals surface area contributed by atoms with Crippen molar-refractivity contribution in [1.82, 2.24) is 9.80 Å². The summed E-state index contributed by atoms with van der Waals surface area (Å²) in [7, 11) is 0. The van der Waals surface area contributed by atoms with Crippen LogP contribution in [0.5, 0.6) is 0 Å². The number of aliphatic carboxylic acids is 1. The molecule has 0 bridgehead atoms. The van der Waals surface area contributed by atoms with Gasteiger partial charge in [-0.15, -0.1) is 0 Å². The molecule has 1 saturated heterocycles. The van der Waals surface area contributed by atoms with Crippen molar-refractivity contribution in [3.8, 4) is 0 Å². The van der Waals surface area contributed by atoms with Gasteiger partial charge in [-0.25, -0.2) is 4.79 Å². The summed E-state index contributed by atoms with van der Waals surface area (Å²) in [6.07, 6.45) is 1.64. The number of carbonyl (C=O) groups excluding carboxylic acids is 1. The Morgan fingerprint density at radius 3 is 2.68 bits per heavy atom. The summed E-state index contributed by atoms with van der Waals surface area (Å²) in [5.74, 6) is -0.539. The maximum Gasteiger partial charge on any atom is 0.410 e. The van der Waals surface area contributed by atoms with E-state index >= 15 is 0 Å². The summed E-state index contributed by atoms with van der Waals surface area (Å²) < 4.78 is 5.41. The minimum Gasteiger partial charge on any atom is -0.480 e. The molecule has 0 spiro atoms. The SMILES string of the molecule is CC(C)N(CC(=O)O)C[C@H]1CCCN(C(=O)OCc2ccccc2)C1. The smallest absolute Gasteiger partial charge is 0.410 e. The molecule has 1 aromatic rings. The minimum atomic E-state index is -0.816. The summed E-state index contributed by atoms with van der Waals surface area (Å²) in [5.41, 5.74) is 0.969. The van der Waals surface area contributed by atoms with E-state index < -0.39 is 5.97 Å². The van der Waals surface area contributed by atoms with Crippen LogP contribution < -0.4 is 0 Å². The molecule has 0 aromatic heterocycles. The number of likely N-dealkylation sites (tertiary alicyclic amines) is 1. The lowest BCUT2D eigenvalue weighted by Gasteiger charge is -2.36. The number of ether oxygens (including phenoxy) is 1. The second-order valence-electron chi connectivity index (χ2n) is 6.91. The fourth-order valence-electron chi connectivity index (χ4n) is 3.15. The van der Waals surface area contributed by atoms with Crippen molar-refractivity contribution in [2.75, 3.05) is 26.2 Å². The number of carboxylic acids is 1. The van der Waals surface area contributed by atoms with Crippen LogP contribution in [0.3, 0.4) is 0 Å². The lowest BCUT2D eigenvalue weighted by atomic mass is 9.97. The maximum atomic E-state index is 12.3. The largest absolute Gasteiger partial charge is 0.480 e. The monoisotopic (exact) mass is 348 g/mol. The molecule has 138 valence electrons. The van der Waals surface area contributed by atoms with E-state index in [0.717, 1.165) is 18.4 Å². The molecule has 1 amide bonds. The Hall–Kier alpha value is -2.08. The first-order chi connectivity index (χ1) is 12.0. The van der Waals surface area contributed by atoms with Crippen LogP contribution in [0.15, 0.2) is 30.3 Å². The van der Waals surface area contributed by atoms with Gasteiger partial charge in [0.1, 0.15) is 6.61 Å². The van der Waals surface area contributed by atoms with Crippen molar-refractivity contribution in [2.45, 2.75) is 39.3 Å². The number of piperidine rings is 1.